The average Bonchev–Trinajstić information content (AvgIpc) is 2.25. The second-order valence-electron chi connectivity index (χ2n) is 2.96. The minimum Gasteiger partial charge on any atom is -0.696 e. The molecular weight excluding hydrogens is 547 g/mol. The lowest BCUT2D eigenvalue weighted by molar-refractivity contribution is -0.524. The predicted molar refractivity (Wildman–Crippen MR) is 90.4 cm³/mol. The smallest absolute Gasteiger partial charge is 0.149 e. The first-order valence-corrected chi connectivity index (χ1v) is 7.75. The topological polar surface area (TPSA) is 50.5 Å². The quantitative estimate of drug-likeness (QED) is 0.196. The van der Waals surface area contributed by atoms with Crippen LogP contribution in [0.5, 0.6) is 0 Å². The van der Waals surface area contributed by atoms with Crippen molar-refractivity contribution in [1.29, 1.82) is 0 Å². The summed E-state index contributed by atoms with van der Waals surface area (Å²) in [5.74, 6) is 0. The van der Waals surface area contributed by atoms with Gasteiger partial charge in [-0.05, 0) is 92.4 Å². The molecule has 0 saturated carbocycles. The van der Waals surface area contributed by atoms with Gasteiger partial charge in [0.15, 0.2) is 0 Å². The lowest BCUT2D eigenvalue weighted by atomic mass is 10.2. The van der Waals surface area contributed by atoms with Crippen LogP contribution in [0.1, 0.15) is 12.5 Å². The van der Waals surface area contributed by atoms with Crippen molar-refractivity contribution >= 4 is 73.5 Å². The standard InChI is InChI=1S/C9H10I3N3O/c1-2-15(16)14-13-8-5-3-4-7(6-8)9(10,11)12/h3-6,13H,2H2,1H3/b15-14-. The van der Waals surface area contributed by atoms with Gasteiger partial charge in [0.05, 0.1) is 5.22 Å². The summed E-state index contributed by atoms with van der Waals surface area (Å²) in [6, 6.07) is 7.86. The molecule has 0 aliphatic heterocycles. The average molecular weight is 557 g/mol. The van der Waals surface area contributed by atoms with Gasteiger partial charge in [-0.25, -0.2) is 0 Å². The first kappa shape index (κ1) is 14.7. The number of halogens is 3. The summed E-state index contributed by atoms with van der Waals surface area (Å²) in [6.07, 6.45) is 0. The SMILES string of the molecule is CC/[N+]([O-])=N/Nc1cccc(C(I)(I)I)c1. The van der Waals surface area contributed by atoms with E-state index in [0.717, 1.165) is 5.69 Å². The minimum absolute atomic E-state index is 0.00682. The highest BCUT2D eigenvalue weighted by Gasteiger charge is 2.20. The normalized spacial score (nSPS) is 12.6. The third-order valence-corrected chi connectivity index (χ3v) is 3.62. The maximum absolute atomic E-state index is 11.0. The third-order valence-electron chi connectivity index (χ3n) is 1.75. The Balaban J connectivity index is 2.84. The van der Waals surface area contributed by atoms with Gasteiger partial charge in [0, 0.05) is 0 Å². The van der Waals surface area contributed by atoms with E-state index in [4.69, 9.17) is 0 Å². The Bertz CT molecular complexity index is 390. The summed E-state index contributed by atoms with van der Waals surface area (Å²) >= 11 is 7.05. The molecule has 0 saturated heterocycles. The fourth-order valence-electron chi connectivity index (χ4n) is 0.949. The Kier molecular flexibility index (Phi) is 5.98. The Morgan fingerprint density at radius 2 is 2.12 bits per heavy atom. The maximum Gasteiger partial charge on any atom is 0.149 e. The summed E-state index contributed by atoms with van der Waals surface area (Å²) in [5, 5.41) is 14.6. The van der Waals surface area contributed by atoms with Crippen LogP contribution in [-0.4, -0.2) is 11.4 Å². The fraction of sp³-hybridized carbons (Fsp3) is 0.333. The van der Waals surface area contributed by atoms with E-state index < -0.39 is 0 Å². The molecule has 0 bridgehead atoms. The molecule has 1 aromatic rings. The minimum atomic E-state index is 0.00682. The van der Waals surface area contributed by atoms with E-state index in [0.29, 0.717) is 11.4 Å². The largest absolute Gasteiger partial charge is 0.696 e. The number of hydrogen-bond donors (Lipinski definition) is 1. The van der Waals surface area contributed by atoms with Gasteiger partial charge in [-0.3, -0.25) is 0 Å². The van der Waals surface area contributed by atoms with E-state index in [-0.39, 0.29) is -0.565 Å². The van der Waals surface area contributed by atoms with Crippen LogP contribution < -0.4 is 5.43 Å². The summed E-state index contributed by atoms with van der Waals surface area (Å²) < 4.78 is 0.00682. The summed E-state index contributed by atoms with van der Waals surface area (Å²) in [5.41, 5.74) is 4.73. The summed E-state index contributed by atoms with van der Waals surface area (Å²) in [7, 11) is 0. The number of hydrogen-bond acceptors (Lipinski definition) is 2. The third kappa shape index (κ3) is 4.85. The molecule has 0 aromatic heterocycles. The highest BCUT2D eigenvalue weighted by molar-refractivity contribution is 14.3. The number of hydroxylamine groups is 1. The van der Waals surface area contributed by atoms with Gasteiger partial charge in [-0.2, -0.15) is 4.86 Å². The number of rotatable bonds is 4. The summed E-state index contributed by atoms with van der Waals surface area (Å²) in [4.78, 5) is 0.609. The Hall–Kier alpha value is 0.610. The molecule has 1 rings (SSSR count). The van der Waals surface area contributed by atoms with Crippen molar-refractivity contribution in [1.82, 2.24) is 0 Å². The zero-order chi connectivity index (χ0) is 12.2. The second kappa shape index (κ2) is 6.52. The van der Waals surface area contributed by atoms with Crippen LogP contribution in [0.25, 0.3) is 0 Å². The molecule has 0 atom stereocenters. The number of nitrogens with zero attached hydrogens (tertiary/aromatic N) is 2. The highest BCUT2D eigenvalue weighted by Crippen LogP contribution is 2.46. The van der Waals surface area contributed by atoms with Gasteiger partial charge in [0.2, 0.25) is 0 Å². The lowest BCUT2D eigenvalue weighted by Gasteiger charge is -2.12. The van der Waals surface area contributed by atoms with E-state index in [1.807, 2.05) is 24.3 Å². The van der Waals surface area contributed by atoms with Crippen LogP contribution in [0.15, 0.2) is 29.5 Å². The molecule has 0 unspecified atom stereocenters. The van der Waals surface area contributed by atoms with E-state index in [9.17, 15) is 5.21 Å². The van der Waals surface area contributed by atoms with E-state index in [1.165, 1.54) is 5.56 Å². The van der Waals surface area contributed by atoms with Gasteiger partial charge in [0.1, 0.15) is 11.7 Å². The van der Waals surface area contributed by atoms with Crippen molar-refractivity contribution in [3.63, 3.8) is 0 Å². The monoisotopic (exact) mass is 557 g/mol. The van der Waals surface area contributed by atoms with Crippen LogP contribution in [0, 0.1) is 5.21 Å². The van der Waals surface area contributed by atoms with Crippen LogP contribution in [-0.2, 0) is -0.565 Å². The molecule has 7 heteroatoms. The van der Waals surface area contributed by atoms with Crippen molar-refractivity contribution in [2.45, 2.75) is 6.36 Å². The van der Waals surface area contributed by atoms with E-state index in [1.54, 1.807) is 6.92 Å². The van der Waals surface area contributed by atoms with Gasteiger partial charge in [-0.1, -0.05) is 12.1 Å². The molecular formula is C9H10I3N3O. The number of benzene rings is 1. The van der Waals surface area contributed by atoms with E-state index >= 15 is 0 Å². The zero-order valence-corrected chi connectivity index (χ0v) is 14.9. The first-order valence-electron chi connectivity index (χ1n) is 4.52. The Labute approximate surface area is 135 Å². The van der Waals surface area contributed by atoms with E-state index in [2.05, 4.69) is 78.4 Å². The molecule has 0 heterocycles. The first-order chi connectivity index (χ1) is 7.43. The molecule has 0 aliphatic rings. The van der Waals surface area contributed by atoms with Crippen LogP contribution in [0.3, 0.4) is 0 Å². The van der Waals surface area contributed by atoms with Crippen LogP contribution in [0.4, 0.5) is 5.69 Å². The molecule has 0 fully saturated rings. The van der Waals surface area contributed by atoms with Crippen LogP contribution in [0.2, 0.25) is 0 Å². The van der Waals surface area contributed by atoms with Crippen LogP contribution >= 0.6 is 67.8 Å². The molecule has 4 nitrogen and oxygen atoms in total. The lowest BCUT2D eigenvalue weighted by Crippen LogP contribution is -2.03. The second-order valence-corrected chi connectivity index (χ2v) is 14.0. The van der Waals surface area contributed by atoms with Gasteiger partial charge >= 0.3 is 0 Å². The molecule has 1 aromatic carbocycles. The maximum atomic E-state index is 11.0. The molecule has 1 N–H and O–H groups in total. The van der Waals surface area contributed by atoms with Gasteiger partial charge in [-0.15, -0.1) is 5.43 Å². The van der Waals surface area contributed by atoms with Crippen molar-refractivity contribution in [3.05, 3.63) is 35.0 Å². The summed E-state index contributed by atoms with van der Waals surface area (Å²) in [6.45, 7) is 2.08. The molecule has 0 aliphatic carbocycles. The fourth-order valence-corrected chi connectivity index (χ4v) is 1.96. The van der Waals surface area contributed by atoms with Crippen molar-refractivity contribution < 1.29 is 4.86 Å². The number of alkyl halides is 3. The van der Waals surface area contributed by atoms with Crippen molar-refractivity contribution in [2.75, 3.05) is 12.0 Å². The number of nitrogens with one attached hydrogen (secondary N) is 1. The molecule has 88 valence electrons. The Morgan fingerprint density at radius 1 is 1.44 bits per heavy atom. The molecule has 0 amide bonds. The van der Waals surface area contributed by atoms with Gasteiger partial charge < -0.3 is 5.21 Å². The predicted octanol–water partition coefficient (Wildman–Crippen LogP) is 4.41. The highest BCUT2D eigenvalue weighted by atomic mass is 127. The molecule has 0 radical (unpaired) electrons. The Morgan fingerprint density at radius 3 is 2.69 bits per heavy atom. The number of anilines is 1. The molecule has 0 spiro atoms. The van der Waals surface area contributed by atoms with Crippen molar-refractivity contribution in [3.8, 4) is 0 Å². The van der Waals surface area contributed by atoms with Gasteiger partial charge in [0.25, 0.3) is 0 Å². The zero-order valence-electron chi connectivity index (χ0n) is 8.45. The molecule has 16 heavy (non-hydrogen) atoms. The van der Waals surface area contributed by atoms with Crippen molar-refractivity contribution in [2.24, 2.45) is 5.22 Å².